The molecule has 2 N–H and O–H groups in total. The number of rotatable bonds is 3. The maximum atomic E-state index is 6.00. The highest BCUT2D eigenvalue weighted by Gasteiger charge is 2.30. The molecular weight excluding hydrogens is 264 g/mol. The molecular formula is C14H21ClN2S. The largest absolute Gasteiger partial charge is 0.329 e. The summed E-state index contributed by atoms with van der Waals surface area (Å²) in [4.78, 5) is 2.53. The summed E-state index contributed by atoms with van der Waals surface area (Å²) in [5, 5.41) is 1.45. The highest BCUT2D eigenvalue weighted by molar-refractivity contribution is 8.00. The Bertz CT molecular complexity index is 382. The normalized spacial score (nSPS) is 27.1. The van der Waals surface area contributed by atoms with E-state index >= 15 is 0 Å². The molecule has 0 amide bonds. The van der Waals surface area contributed by atoms with E-state index in [4.69, 9.17) is 17.3 Å². The van der Waals surface area contributed by atoms with Gasteiger partial charge in [-0.3, -0.25) is 4.90 Å². The van der Waals surface area contributed by atoms with Crippen LogP contribution in [0.4, 0.5) is 0 Å². The number of halogens is 1. The average Bonchev–Trinajstić information content (AvgIpc) is 2.37. The van der Waals surface area contributed by atoms with Crippen molar-refractivity contribution in [3.8, 4) is 0 Å². The van der Waals surface area contributed by atoms with Gasteiger partial charge in [0.1, 0.15) is 0 Å². The van der Waals surface area contributed by atoms with E-state index in [1.165, 1.54) is 11.3 Å². The lowest BCUT2D eigenvalue weighted by Crippen LogP contribution is -2.48. The number of hydrogen-bond acceptors (Lipinski definition) is 3. The van der Waals surface area contributed by atoms with Crippen LogP contribution in [0.1, 0.15) is 25.5 Å². The zero-order valence-electron chi connectivity index (χ0n) is 11.0. The van der Waals surface area contributed by atoms with Crippen LogP contribution in [0.5, 0.6) is 0 Å². The van der Waals surface area contributed by atoms with Crippen LogP contribution in [-0.4, -0.2) is 35.0 Å². The zero-order valence-corrected chi connectivity index (χ0v) is 12.5. The molecule has 0 saturated carbocycles. The average molecular weight is 285 g/mol. The van der Waals surface area contributed by atoms with Gasteiger partial charge in [0, 0.05) is 41.2 Å². The minimum Gasteiger partial charge on any atom is -0.329 e. The number of thioether (sulfide) groups is 1. The smallest absolute Gasteiger partial charge is 0.0474 e. The van der Waals surface area contributed by atoms with Gasteiger partial charge >= 0.3 is 0 Å². The fraction of sp³-hybridized carbons (Fsp3) is 0.571. The summed E-state index contributed by atoms with van der Waals surface area (Å²) in [7, 11) is 0. The monoisotopic (exact) mass is 284 g/mol. The standard InChI is InChI=1S/C14H21ClN2S/c1-10-11(2)18-8-7-17(10)14(9-16)12-3-5-13(15)6-4-12/h3-6,10-11,14H,7-9,16H2,1-2H3. The van der Waals surface area contributed by atoms with E-state index in [2.05, 4.69) is 42.6 Å². The highest BCUT2D eigenvalue weighted by atomic mass is 35.5. The fourth-order valence-electron chi connectivity index (χ4n) is 2.54. The third kappa shape index (κ3) is 3.02. The lowest BCUT2D eigenvalue weighted by molar-refractivity contribution is 0.150. The molecule has 1 heterocycles. The van der Waals surface area contributed by atoms with Gasteiger partial charge in [-0.05, 0) is 24.6 Å². The molecule has 0 bridgehead atoms. The van der Waals surface area contributed by atoms with Gasteiger partial charge in [0.2, 0.25) is 0 Å². The van der Waals surface area contributed by atoms with Crippen molar-refractivity contribution in [2.45, 2.75) is 31.2 Å². The number of hydrogen-bond donors (Lipinski definition) is 1. The quantitative estimate of drug-likeness (QED) is 0.924. The van der Waals surface area contributed by atoms with E-state index in [9.17, 15) is 0 Å². The lowest BCUT2D eigenvalue weighted by Gasteiger charge is -2.42. The molecule has 0 aromatic heterocycles. The van der Waals surface area contributed by atoms with Gasteiger partial charge < -0.3 is 5.73 Å². The molecule has 0 radical (unpaired) electrons. The van der Waals surface area contributed by atoms with Crippen molar-refractivity contribution >= 4 is 23.4 Å². The summed E-state index contributed by atoms with van der Waals surface area (Å²) in [6.45, 7) is 6.37. The second-order valence-electron chi connectivity index (χ2n) is 4.86. The SMILES string of the molecule is CC1SCCN(C(CN)c2ccc(Cl)cc2)C1C. The van der Waals surface area contributed by atoms with E-state index in [0.717, 1.165) is 11.6 Å². The Hall–Kier alpha value is -0.220. The van der Waals surface area contributed by atoms with Crippen LogP contribution in [-0.2, 0) is 0 Å². The van der Waals surface area contributed by atoms with Gasteiger partial charge in [0.15, 0.2) is 0 Å². The summed E-state index contributed by atoms with van der Waals surface area (Å²) in [5.41, 5.74) is 7.27. The molecule has 18 heavy (non-hydrogen) atoms. The Labute approximate surface area is 119 Å². The second-order valence-corrected chi connectivity index (χ2v) is 6.78. The molecule has 1 aliphatic heterocycles. The topological polar surface area (TPSA) is 29.3 Å². The molecule has 100 valence electrons. The first-order valence-electron chi connectivity index (χ1n) is 6.46. The minimum absolute atomic E-state index is 0.306. The molecule has 3 atom stereocenters. The molecule has 3 unspecified atom stereocenters. The summed E-state index contributed by atoms with van der Waals surface area (Å²) in [6.07, 6.45) is 0. The third-order valence-electron chi connectivity index (χ3n) is 3.81. The zero-order chi connectivity index (χ0) is 13.1. The van der Waals surface area contributed by atoms with Crippen molar-refractivity contribution in [2.75, 3.05) is 18.8 Å². The first kappa shape index (κ1) is 14.2. The van der Waals surface area contributed by atoms with Crippen molar-refractivity contribution in [2.24, 2.45) is 5.73 Å². The predicted molar refractivity (Wildman–Crippen MR) is 81.3 cm³/mol. The molecule has 1 aliphatic rings. The molecule has 2 rings (SSSR count). The molecule has 4 heteroatoms. The van der Waals surface area contributed by atoms with Gasteiger partial charge in [-0.15, -0.1) is 0 Å². The van der Waals surface area contributed by atoms with Crippen molar-refractivity contribution in [1.29, 1.82) is 0 Å². The molecule has 0 spiro atoms. The Balaban J connectivity index is 2.19. The summed E-state index contributed by atoms with van der Waals surface area (Å²) < 4.78 is 0. The van der Waals surface area contributed by atoms with Gasteiger partial charge in [0.05, 0.1) is 0 Å². The van der Waals surface area contributed by atoms with Gasteiger partial charge in [-0.1, -0.05) is 30.7 Å². The van der Waals surface area contributed by atoms with Crippen LogP contribution < -0.4 is 5.73 Å². The van der Waals surface area contributed by atoms with E-state index < -0.39 is 0 Å². The maximum absolute atomic E-state index is 6.00. The van der Waals surface area contributed by atoms with Crippen molar-refractivity contribution in [1.82, 2.24) is 4.90 Å². The lowest BCUT2D eigenvalue weighted by atomic mass is 10.0. The Morgan fingerprint density at radius 2 is 2.06 bits per heavy atom. The minimum atomic E-state index is 0.306. The first-order chi connectivity index (χ1) is 8.63. The third-order valence-corrected chi connectivity index (χ3v) is 5.40. The molecule has 1 fully saturated rings. The summed E-state index contributed by atoms with van der Waals surface area (Å²) in [5.74, 6) is 1.19. The van der Waals surface area contributed by atoms with E-state index in [-0.39, 0.29) is 0 Å². The molecule has 1 aromatic carbocycles. The first-order valence-corrected chi connectivity index (χ1v) is 7.89. The Morgan fingerprint density at radius 3 is 2.67 bits per heavy atom. The van der Waals surface area contributed by atoms with Crippen LogP contribution >= 0.6 is 23.4 Å². The van der Waals surface area contributed by atoms with Gasteiger partial charge in [0.25, 0.3) is 0 Å². The molecule has 2 nitrogen and oxygen atoms in total. The summed E-state index contributed by atoms with van der Waals surface area (Å²) >= 11 is 8.00. The number of nitrogens with two attached hydrogens (primary N) is 1. The maximum Gasteiger partial charge on any atom is 0.0474 e. The van der Waals surface area contributed by atoms with E-state index in [1.807, 2.05) is 12.1 Å². The van der Waals surface area contributed by atoms with E-state index in [0.29, 0.717) is 23.9 Å². The fourth-order valence-corrected chi connectivity index (χ4v) is 3.79. The van der Waals surface area contributed by atoms with Crippen molar-refractivity contribution < 1.29 is 0 Å². The molecule has 1 aromatic rings. The highest BCUT2D eigenvalue weighted by Crippen LogP contribution is 2.31. The van der Waals surface area contributed by atoms with Crippen LogP contribution in [0.2, 0.25) is 5.02 Å². The number of benzene rings is 1. The van der Waals surface area contributed by atoms with Crippen LogP contribution in [0.3, 0.4) is 0 Å². The van der Waals surface area contributed by atoms with Crippen molar-refractivity contribution in [3.63, 3.8) is 0 Å². The molecule has 1 saturated heterocycles. The van der Waals surface area contributed by atoms with Gasteiger partial charge in [-0.2, -0.15) is 11.8 Å². The number of nitrogens with zero attached hydrogens (tertiary/aromatic N) is 1. The van der Waals surface area contributed by atoms with Crippen LogP contribution in [0.15, 0.2) is 24.3 Å². The molecule has 0 aliphatic carbocycles. The van der Waals surface area contributed by atoms with Crippen LogP contribution in [0.25, 0.3) is 0 Å². The summed E-state index contributed by atoms with van der Waals surface area (Å²) in [6, 6.07) is 8.96. The predicted octanol–water partition coefficient (Wildman–Crippen LogP) is 3.17. The second kappa shape index (κ2) is 6.29. The van der Waals surface area contributed by atoms with Crippen LogP contribution in [0, 0.1) is 0 Å². The van der Waals surface area contributed by atoms with E-state index in [1.54, 1.807) is 0 Å². The Morgan fingerprint density at radius 1 is 1.39 bits per heavy atom. The Kier molecular flexibility index (Phi) is 4.96. The van der Waals surface area contributed by atoms with Crippen molar-refractivity contribution in [3.05, 3.63) is 34.9 Å². The van der Waals surface area contributed by atoms with Gasteiger partial charge in [-0.25, -0.2) is 0 Å².